The van der Waals surface area contributed by atoms with E-state index in [0.29, 0.717) is 12.5 Å². The number of hydrogen-bond acceptors (Lipinski definition) is 1. The number of nitrogens with zero attached hydrogens (tertiary/aromatic N) is 1. The molecule has 0 atom stereocenters. The average molecular weight is 374 g/mol. The van der Waals surface area contributed by atoms with Gasteiger partial charge in [0.05, 0.1) is 13.1 Å². The van der Waals surface area contributed by atoms with Crippen molar-refractivity contribution in [3.63, 3.8) is 0 Å². The Morgan fingerprint density at radius 3 is 2.39 bits per heavy atom. The Hall–Kier alpha value is -2.65. The summed E-state index contributed by atoms with van der Waals surface area (Å²) in [6.45, 7) is 3.88. The summed E-state index contributed by atoms with van der Waals surface area (Å²) in [5.74, 6) is 0.470. The van der Waals surface area contributed by atoms with Gasteiger partial charge in [-0.3, -0.25) is 4.79 Å². The van der Waals surface area contributed by atoms with Crippen molar-refractivity contribution < 1.29 is 9.69 Å². The molecule has 0 saturated carbocycles. The topological polar surface area (TPSA) is 24.8 Å². The lowest BCUT2D eigenvalue weighted by atomic mass is 9.94. The van der Waals surface area contributed by atoms with Crippen LogP contribution in [0.25, 0.3) is 10.8 Å². The molecule has 0 spiro atoms. The van der Waals surface area contributed by atoms with E-state index in [4.69, 9.17) is 0 Å². The molecule has 0 radical (unpaired) electrons. The maximum atomic E-state index is 12.9. The third-order valence-corrected chi connectivity index (χ3v) is 6.00. The van der Waals surface area contributed by atoms with E-state index in [1.54, 1.807) is 4.90 Å². The van der Waals surface area contributed by atoms with Crippen molar-refractivity contribution in [2.45, 2.75) is 25.9 Å². The third-order valence-electron chi connectivity index (χ3n) is 6.00. The molecule has 1 aliphatic rings. The highest BCUT2D eigenvalue weighted by Gasteiger charge is 2.29. The molecule has 1 fully saturated rings. The van der Waals surface area contributed by atoms with Gasteiger partial charge in [0.2, 0.25) is 5.91 Å². The van der Waals surface area contributed by atoms with E-state index >= 15 is 0 Å². The van der Waals surface area contributed by atoms with Gasteiger partial charge >= 0.3 is 0 Å². The van der Waals surface area contributed by atoms with Crippen molar-refractivity contribution in [1.82, 2.24) is 4.90 Å². The van der Waals surface area contributed by atoms with Crippen molar-refractivity contribution in [2.24, 2.45) is 5.92 Å². The van der Waals surface area contributed by atoms with Gasteiger partial charge in [0.15, 0.2) is 0 Å². The number of quaternary nitrogens is 1. The molecule has 144 valence electrons. The van der Waals surface area contributed by atoms with Gasteiger partial charge in [-0.25, -0.2) is 0 Å². The number of rotatable bonds is 5. The van der Waals surface area contributed by atoms with Crippen molar-refractivity contribution in [3.8, 4) is 0 Å². The molecule has 3 aromatic rings. The lowest BCUT2D eigenvalue weighted by Crippen LogP contribution is -3.11. The third kappa shape index (κ3) is 4.26. The maximum absolute atomic E-state index is 12.9. The van der Waals surface area contributed by atoms with Crippen LogP contribution in [0, 0.1) is 5.92 Å². The highest BCUT2D eigenvalue weighted by atomic mass is 16.2. The number of carbonyl (C=O) groups is 1. The minimum absolute atomic E-state index is 0.171. The lowest BCUT2D eigenvalue weighted by Gasteiger charge is -2.31. The van der Waals surface area contributed by atoms with Crippen LogP contribution in [-0.2, 0) is 17.9 Å². The van der Waals surface area contributed by atoms with Gasteiger partial charge in [-0.2, -0.15) is 0 Å². The fourth-order valence-electron chi connectivity index (χ4n) is 4.41. The summed E-state index contributed by atoms with van der Waals surface area (Å²) in [4.78, 5) is 16.3. The summed E-state index contributed by atoms with van der Waals surface area (Å²) in [6, 6.07) is 25.5. The number of benzene rings is 3. The van der Waals surface area contributed by atoms with Crippen LogP contribution in [0.5, 0.6) is 0 Å². The lowest BCUT2D eigenvalue weighted by molar-refractivity contribution is -0.919. The largest absolute Gasteiger partial charge is 0.341 e. The summed E-state index contributed by atoms with van der Waals surface area (Å²) in [7, 11) is 1.94. The number of hydrogen-bond donors (Lipinski definition) is 1. The smallest absolute Gasteiger partial charge is 0.226 e. The predicted molar refractivity (Wildman–Crippen MR) is 114 cm³/mol. The van der Waals surface area contributed by atoms with E-state index in [1.165, 1.54) is 21.9 Å². The van der Waals surface area contributed by atoms with Crippen molar-refractivity contribution in [2.75, 3.05) is 20.1 Å². The first-order chi connectivity index (χ1) is 13.7. The SMILES string of the molecule is CN(Cc1ccccc1)C(=O)C1CC[NH+](Cc2cccc3ccccc23)CC1. The van der Waals surface area contributed by atoms with Gasteiger partial charge in [0.1, 0.15) is 6.54 Å². The van der Waals surface area contributed by atoms with Gasteiger partial charge < -0.3 is 9.80 Å². The molecule has 1 aliphatic heterocycles. The second-order valence-electron chi connectivity index (χ2n) is 8.02. The minimum atomic E-state index is 0.171. The van der Waals surface area contributed by atoms with E-state index in [2.05, 4.69) is 54.6 Å². The van der Waals surface area contributed by atoms with Gasteiger partial charge in [0, 0.05) is 37.9 Å². The summed E-state index contributed by atoms with van der Waals surface area (Å²) in [5.41, 5.74) is 2.61. The van der Waals surface area contributed by atoms with Crippen molar-refractivity contribution >= 4 is 16.7 Å². The van der Waals surface area contributed by atoms with Crippen LogP contribution < -0.4 is 4.90 Å². The average Bonchev–Trinajstić information content (AvgIpc) is 2.75. The molecule has 0 aromatic heterocycles. The van der Waals surface area contributed by atoms with Gasteiger partial charge in [0.25, 0.3) is 0 Å². The molecular weight excluding hydrogens is 344 g/mol. The zero-order valence-corrected chi connectivity index (χ0v) is 16.6. The zero-order valence-electron chi connectivity index (χ0n) is 16.6. The molecule has 0 aliphatic carbocycles. The number of nitrogens with one attached hydrogen (secondary N) is 1. The second-order valence-corrected chi connectivity index (χ2v) is 8.02. The Kier molecular flexibility index (Phi) is 5.73. The van der Waals surface area contributed by atoms with E-state index in [-0.39, 0.29) is 5.92 Å². The molecule has 1 saturated heterocycles. The first-order valence-electron chi connectivity index (χ1n) is 10.3. The molecule has 0 bridgehead atoms. The molecule has 1 N–H and O–H groups in total. The van der Waals surface area contributed by atoms with Crippen LogP contribution in [0.1, 0.15) is 24.0 Å². The highest BCUT2D eigenvalue weighted by molar-refractivity contribution is 5.85. The van der Waals surface area contributed by atoms with Crippen molar-refractivity contribution in [3.05, 3.63) is 83.9 Å². The Morgan fingerprint density at radius 2 is 1.61 bits per heavy atom. The van der Waals surface area contributed by atoms with E-state index in [0.717, 1.165) is 32.5 Å². The molecule has 0 unspecified atom stereocenters. The quantitative estimate of drug-likeness (QED) is 0.729. The second kappa shape index (κ2) is 8.57. The number of amides is 1. The standard InChI is InChI=1S/C25H28N2O/c1-26(18-20-8-3-2-4-9-20)25(28)22-14-16-27(17-15-22)19-23-12-7-11-21-10-5-6-13-24(21)23/h2-13,22H,14-19H2,1H3/p+1. The van der Waals surface area contributed by atoms with E-state index in [1.807, 2.05) is 30.1 Å². The zero-order chi connectivity index (χ0) is 19.3. The normalized spacial score (nSPS) is 19.5. The van der Waals surface area contributed by atoms with E-state index in [9.17, 15) is 4.79 Å². The summed E-state index contributed by atoms with van der Waals surface area (Å²) < 4.78 is 0. The first-order valence-corrected chi connectivity index (χ1v) is 10.3. The fraction of sp³-hybridized carbons (Fsp3) is 0.320. The van der Waals surface area contributed by atoms with E-state index < -0.39 is 0 Å². The number of likely N-dealkylation sites (tertiary alicyclic amines) is 1. The Bertz CT molecular complexity index is 924. The number of carbonyl (C=O) groups excluding carboxylic acids is 1. The molecule has 3 heteroatoms. The molecule has 1 amide bonds. The summed E-state index contributed by atoms with van der Waals surface area (Å²) in [5, 5.41) is 2.67. The Balaban J connectivity index is 1.33. The van der Waals surface area contributed by atoms with Crippen LogP contribution in [0.15, 0.2) is 72.8 Å². The first kappa shape index (κ1) is 18.7. The molecule has 1 heterocycles. The van der Waals surface area contributed by atoms with Crippen molar-refractivity contribution in [1.29, 1.82) is 0 Å². The van der Waals surface area contributed by atoms with Crippen LogP contribution in [0.3, 0.4) is 0 Å². The molecule has 3 nitrogen and oxygen atoms in total. The number of fused-ring (bicyclic) bond motifs is 1. The fourth-order valence-corrected chi connectivity index (χ4v) is 4.41. The van der Waals surface area contributed by atoms with Crippen LogP contribution in [0.2, 0.25) is 0 Å². The highest BCUT2D eigenvalue weighted by Crippen LogP contribution is 2.19. The summed E-state index contributed by atoms with van der Waals surface area (Å²) >= 11 is 0. The molecule has 28 heavy (non-hydrogen) atoms. The Morgan fingerprint density at radius 1 is 0.929 bits per heavy atom. The van der Waals surface area contributed by atoms with Gasteiger partial charge in [-0.15, -0.1) is 0 Å². The van der Waals surface area contributed by atoms with Crippen LogP contribution in [-0.4, -0.2) is 30.9 Å². The van der Waals surface area contributed by atoms with Crippen LogP contribution in [0.4, 0.5) is 0 Å². The Labute approximate surface area is 167 Å². The molecule has 3 aromatic carbocycles. The van der Waals surface area contributed by atoms with Crippen LogP contribution >= 0.6 is 0 Å². The minimum Gasteiger partial charge on any atom is -0.341 e. The predicted octanol–water partition coefficient (Wildman–Crippen LogP) is 3.29. The summed E-state index contributed by atoms with van der Waals surface area (Å²) in [6.07, 6.45) is 1.97. The van der Waals surface area contributed by atoms with Gasteiger partial charge in [-0.1, -0.05) is 72.8 Å². The number of piperidine rings is 1. The maximum Gasteiger partial charge on any atom is 0.226 e. The monoisotopic (exact) mass is 373 g/mol. The van der Waals surface area contributed by atoms with Gasteiger partial charge in [-0.05, 0) is 16.3 Å². The molecule has 4 rings (SSSR count). The molecular formula is C25H29N2O+.